The van der Waals surface area contributed by atoms with Gasteiger partial charge in [-0.2, -0.15) is 0 Å². The highest BCUT2D eigenvalue weighted by molar-refractivity contribution is 7.80. The topological polar surface area (TPSA) is 43.8 Å². The molecule has 1 aromatic carbocycles. The second-order valence-electron chi connectivity index (χ2n) is 4.33. The zero-order valence-corrected chi connectivity index (χ0v) is 11.5. The van der Waals surface area contributed by atoms with Crippen molar-refractivity contribution < 1.29 is 0 Å². The molecule has 94 valence electrons. The maximum atomic E-state index is 5.67. The summed E-state index contributed by atoms with van der Waals surface area (Å²) in [6, 6.07) is 6.10. The minimum absolute atomic E-state index is 0.443. The van der Waals surface area contributed by atoms with E-state index >= 15 is 0 Å². The van der Waals surface area contributed by atoms with E-state index in [0.717, 1.165) is 35.5 Å². The molecule has 2 rings (SSSR count). The van der Waals surface area contributed by atoms with E-state index in [1.165, 1.54) is 0 Å². The van der Waals surface area contributed by atoms with Crippen LogP contribution in [0.4, 0.5) is 0 Å². The van der Waals surface area contributed by atoms with Gasteiger partial charge in [-0.1, -0.05) is 19.1 Å². The van der Waals surface area contributed by atoms with Gasteiger partial charge in [0.2, 0.25) is 0 Å². The van der Waals surface area contributed by atoms with Gasteiger partial charge in [-0.05, 0) is 37.1 Å². The number of benzene rings is 1. The van der Waals surface area contributed by atoms with Crippen molar-refractivity contribution >= 4 is 17.2 Å². The molecule has 0 saturated carbocycles. The molecule has 0 amide bonds. The van der Waals surface area contributed by atoms with Gasteiger partial charge in [0.1, 0.15) is 10.8 Å². The molecule has 0 saturated heterocycles. The average Bonchev–Trinajstić information content (AvgIpc) is 2.77. The van der Waals surface area contributed by atoms with E-state index < -0.39 is 0 Å². The molecule has 0 unspecified atom stereocenters. The quantitative estimate of drug-likeness (QED) is 0.859. The van der Waals surface area contributed by atoms with Crippen LogP contribution in [0.25, 0.3) is 5.69 Å². The van der Waals surface area contributed by atoms with E-state index in [1.807, 2.05) is 31.5 Å². The highest BCUT2D eigenvalue weighted by atomic mass is 32.1. The van der Waals surface area contributed by atoms with Crippen LogP contribution in [-0.4, -0.2) is 14.5 Å². The highest BCUT2D eigenvalue weighted by Crippen LogP contribution is 2.17. The summed E-state index contributed by atoms with van der Waals surface area (Å²) in [5.74, 6) is 1.08. The largest absolute Gasteiger partial charge is 0.389 e. The Hall–Kier alpha value is -1.68. The predicted molar refractivity (Wildman–Crippen MR) is 78.2 cm³/mol. The van der Waals surface area contributed by atoms with E-state index in [2.05, 4.69) is 22.5 Å². The third-order valence-corrected chi connectivity index (χ3v) is 3.16. The van der Waals surface area contributed by atoms with E-state index in [1.54, 1.807) is 0 Å². The Labute approximate surface area is 113 Å². The lowest BCUT2D eigenvalue weighted by Gasteiger charge is -2.10. The third kappa shape index (κ3) is 2.43. The van der Waals surface area contributed by atoms with Crippen LogP contribution in [0.15, 0.2) is 30.6 Å². The van der Waals surface area contributed by atoms with Crippen LogP contribution in [0.2, 0.25) is 0 Å². The Morgan fingerprint density at radius 2 is 2.22 bits per heavy atom. The van der Waals surface area contributed by atoms with Crippen LogP contribution in [0.3, 0.4) is 0 Å². The normalized spacial score (nSPS) is 10.6. The van der Waals surface area contributed by atoms with Crippen molar-refractivity contribution in [2.24, 2.45) is 5.73 Å². The first-order chi connectivity index (χ1) is 8.63. The fourth-order valence-corrected chi connectivity index (χ4v) is 2.28. The van der Waals surface area contributed by atoms with Gasteiger partial charge in [-0.3, -0.25) is 0 Å². The fourth-order valence-electron chi connectivity index (χ4n) is 2.05. The molecule has 0 atom stereocenters. The molecule has 0 aliphatic rings. The fraction of sp³-hybridized carbons (Fsp3) is 0.286. The molecule has 1 heterocycles. The molecule has 4 heteroatoms. The lowest BCUT2D eigenvalue weighted by atomic mass is 10.1. The second kappa shape index (κ2) is 5.31. The summed E-state index contributed by atoms with van der Waals surface area (Å²) in [4.78, 5) is 4.83. The molecule has 3 nitrogen and oxygen atoms in total. The van der Waals surface area contributed by atoms with Gasteiger partial charge in [-0.25, -0.2) is 4.98 Å². The summed E-state index contributed by atoms with van der Waals surface area (Å²) < 4.78 is 2.11. The minimum atomic E-state index is 0.443. The maximum Gasteiger partial charge on any atom is 0.113 e. The Kier molecular flexibility index (Phi) is 3.77. The second-order valence-corrected chi connectivity index (χ2v) is 4.77. The molecule has 1 aromatic heterocycles. The van der Waals surface area contributed by atoms with E-state index in [0.29, 0.717) is 4.99 Å². The molecule has 0 aliphatic carbocycles. The van der Waals surface area contributed by atoms with E-state index in [4.69, 9.17) is 18.0 Å². The predicted octanol–water partition coefficient (Wildman–Crippen LogP) is 2.77. The summed E-state index contributed by atoms with van der Waals surface area (Å²) in [6.45, 7) is 4.18. The van der Waals surface area contributed by atoms with Crippen molar-refractivity contribution in [1.29, 1.82) is 0 Å². The Bertz CT molecular complexity index is 572. The van der Waals surface area contributed by atoms with Gasteiger partial charge in [-0.15, -0.1) is 0 Å². The number of nitrogens with two attached hydrogens (primary N) is 1. The maximum absolute atomic E-state index is 5.67. The number of hydrogen-bond acceptors (Lipinski definition) is 2. The van der Waals surface area contributed by atoms with Gasteiger partial charge < -0.3 is 10.3 Å². The number of aryl methyl sites for hydroxylation is 2. The van der Waals surface area contributed by atoms with Gasteiger partial charge in [0.25, 0.3) is 0 Å². The lowest BCUT2D eigenvalue weighted by Crippen LogP contribution is -2.11. The van der Waals surface area contributed by atoms with Gasteiger partial charge in [0.15, 0.2) is 0 Å². The number of nitrogens with zero attached hydrogens (tertiary/aromatic N) is 2. The van der Waals surface area contributed by atoms with Gasteiger partial charge in [0, 0.05) is 30.1 Å². The average molecular weight is 259 g/mol. The van der Waals surface area contributed by atoms with Crippen LogP contribution < -0.4 is 5.73 Å². The van der Waals surface area contributed by atoms with Crippen molar-refractivity contribution in [2.45, 2.75) is 26.7 Å². The monoisotopic (exact) mass is 259 g/mol. The molecular weight excluding hydrogens is 242 g/mol. The third-order valence-electron chi connectivity index (χ3n) is 2.94. The van der Waals surface area contributed by atoms with Crippen molar-refractivity contribution in [1.82, 2.24) is 9.55 Å². The minimum Gasteiger partial charge on any atom is -0.389 e. The summed E-state index contributed by atoms with van der Waals surface area (Å²) in [5, 5.41) is 0. The standard InChI is InChI=1S/C14H17N3S/c1-3-4-13-16-7-8-17(13)11-5-6-12(14(15)18)10(2)9-11/h5-9H,3-4H2,1-2H3,(H2,15,18). The SMILES string of the molecule is CCCc1nccn1-c1ccc(C(N)=S)c(C)c1. The highest BCUT2D eigenvalue weighted by Gasteiger charge is 2.07. The van der Waals surface area contributed by atoms with Crippen LogP contribution in [0.1, 0.15) is 30.3 Å². The van der Waals surface area contributed by atoms with Crippen LogP contribution in [0.5, 0.6) is 0 Å². The van der Waals surface area contributed by atoms with E-state index in [9.17, 15) is 0 Å². The molecule has 0 aliphatic heterocycles. The lowest BCUT2D eigenvalue weighted by molar-refractivity contribution is 0.809. The number of rotatable bonds is 4. The van der Waals surface area contributed by atoms with Crippen molar-refractivity contribution in [3.63, 3.8) is 0 Å². The van der Waals surface area contributed by atoms with Crippen molar-refractivity contribution in [3.8, 4) is 5.69 Å². The molecule has 0 spiro atoms. The van der Waals surface area contributed by atoms with Crippen LogP contribution in [0, 0.1) is 6.92 Å². The first-order valence-corrected chi connectivity index (χ1v) is 6.47. The number of imidazole rings is 1. The van der Waals surface area contributed by atoms with Crippen LogP contribution in [-0.2, 0) is 6.42 Å². The molecule has 0 radical (unpaired) electrons. The Morgan fingerprint density at radius 1 is 1.44 bits per heavy atom. The van der Waals surface area contributed by atoms with Crippen LogP contribution >= 0.6 is 12.2 Å². The van der Waals surface area contributed by atoms with Crippen molar-refractivity contribution in [2.75, 3.05) is 0 Å². The zero-order chi connectivity index (χ0) is 13.1. The van der Waals surface area contributed by atoms with Gasteiger partial charge in [0.05, 0.1) is 0 Å². The number of hydrogen-bond donors (Lipinski definition) is 1. The smallest absolute Gasteiger partial charge is 0.113 e. The summed E-state index contributed by atoms with van der Waals surface area (Å²) in [6.07, 6.45) is 5.88. The summed E-state index contributed by atoms with van der Waals surface area (Å²) >= 11 is 5.02. The molecule has 18 heavy (non-hydrogen) atoms. The molecular formula is C14H17N3S. The summed E-state index contributed by atoms with van der Waals surface area (Å²) in [5.41, 5.74) is 8.81. The first-order valence-electron chi connectivity index (χ1n) is 6.06. The summed E-state index contributed by atoms with van der Waals surface area (Å²) in [7, 11) is 0. The molecule has 0 fully saturated rings. The molecule has 2 aromatic rings. The number of aromatic nitrogens is 2. The number of thiocarbonyl (C=S) groups is 1. The van der Waals surface area contributed by atoms with E-state index in [-0.39, 0.29) is 0 Å². The van der Waals surface area contributed by atoms with Crippen molar-refractivity contribution in [3.05, 3.63) is 47.5 Å². The Morgan fingerprint density at radius 3 is 2.83 bits per heavy atom. The first kappa shape index (κ1) is 12.8. The van der Waals surface area contributed by atoms with Gasteiger partial charge >= 0.3 is 0 Å². The molecule has 0 bridgehead atoms. The Balaban J connectivity index is 2.42. The zero-order valence-electron chi connectivity index (χ0n) is 10.7. The molecule has 2 N–H and O–H groups in total.